The summed E-state index contributed by atoms with van der Waals surface area (Å²) in [6, 6.07) is 3.32. The smallest absolute Gasteiger partial charge is 0.0967 e. The lowest BCUT2D eigenvalue weighted by atomic mass is 9.90. The van der Waals surface area contributed by atoms with Crippen LogP contribution in [0.25, 0.3) is 0 Å². The van der Waals surface area contributed by atoms with Crippen LogP contribution in [0, 0.1) is 11.3 Å². The van der Waals surface area contributed by atoms with Gasteiger partial charge >= 0.3 is 0 Å². The van der Waals surface area contributed by atoms with Crippen molar-refractivity contribution in [1.82, 2.24) is 10.2 Å². The van der Waals surface area contributed by atoms with E-state index in [0.29, 0.717) is 18.2 Å². The Bertz CT molecular complexity index is 311. The second-order valence-electron chi connectivity index (χ2n) is 6.09. The summed E-state index contributed by atoms with van der Waals surface area (Å²) in [5, 5.41) is 12.5. The minimum Gasteiger partial charge on any atom is -0.375 e. The predicted octanol–water partition coefficient (Wildman–Crippen LogP) is 1.91. The fourth-order valence-corrected chi connectivity index (χ4v) is 3.34. The van der Waals surface area contributed by atoms with Crippen LogP contribution >= 0.6 is 0 Å². The second kappa shape index (κ2) is 7.23. The highest BCUT2D eigenvalue weighted by atomic mass is 16.5. The van der Waals surface area contributed by atoms with Gasteiger partial charge in [-0.05, 0) is 33.1 Å². The van der Waals surface area contributed by atoms with Crippen molar-refractivity contribution in [2.75, 3.05) is 19.7 Å². The molecule has 1 N–H and O–H groups in total. The molecule has 4 nitrogen and oxygen atoms in total. The van der Waals surface area contributed by atoms with Crippen molar-refractivity contribution >= 4 is 0 Å². The second-order valence-corrected chi connectivity index (χ2v) is 6.09. The van der Waals surface area contributed by atoms with Crippen LogP contribution in [0.5, 0.6) is 0 Å². The normalized spacial score (nSPS) is 29.8. The van der Waals surface area contributed by atoms with Gasteiger partial charge in [0.05, 0.1) is 24.8 Å². The Hall–Kier alpha value is -0.630. The van der Waals surface area contributed by atoms with Crippen LogP contribution in [0.15, 0.2) is 0 Å². The zero-order valence-electron chi connectivity index (χ0n) is 12.3. The molecular weight excluding hydrogens is 238 g/mol. The quantitative estimate of drug-likeness (QED) is 0.825. The molecule has 2 aliphatic rings. The standard InChI is InChI=1S/C15H27N3O/c1-12(2)17-13(11-16)7-8-18-9-10-19-15-6-4-3-5-14(15)18/h12-15,17H,3-10H2,1-2H3. The number of nitrogens with zero attached hydrogens (tertiary/aromatic N) is 2. The van der Waals surface area contributed by atoms with Gasteiger partial charge in [0.2, 0.25) is 0 Å². The number of nitrogens with one attached hydrogen (secondary N) is 1. The van der Waals surface area contributed by atoms with E-state index in [9.17, 15) is 5.26 Å². The van der Waals surface area contributed by atoms with Gasteiger partial charge in [-0.3, -0.25) is 10.2 Å². The maximum atomic E-state index is 9.18. The third-order valence-electron chi connectivity index (χ3n) is 4.24. The molecule has 108 valence electrons. The molecule has 0 aromatic rings. The number of ether oxygens (including phenoxy) is 1. The summed E-state index contributed by atoms with van der Waals surface area (Å²) in [6.45, 7) is 7.09. The van der Waals surface area contributed by atoms with E-state index in [1.165, 1.54) is 25.7 Å². The average molecular weight is 265 g/mol. The Morgan fingerprint density at radius 2 is 2.16 bits per heavy atom. The Kier molecular flexibility index (Phi) is 5.62. The van der Waals surface area contributed by atoms with Crippen LogP contribution in [0.4, 0.5) is 0 Å². The van der Waals surface area contributed by atoms with Crippen LogP contribution in [-0.4, -0.2) is 48.8 Å². The first-order chi connectivity index (χ1) is 9.20. The average Bonchev–Trinajstić information content (AvgIpc) is 2.43. The van der Waals surface area contributed by atoms with Crippen molar-refractivity contribution in [3.63, 3.8) is 0 Å². The lowest BCUT2D eigenvalue weighted by Gasteiger charge is -2.44. The fourth-order valence-electron chi connectivity index (χ4n) is 3.34. The molecule has 2 fully saturated rings. The van der Waals surface area contributed by atoms with Crippen LogP contribution in [0.2, 0.25) is 0 Å². The Morgan fingerprint density at radius 1 is 1.37 bits per heavy atom. The summed E-state index contributed by atoms with van der Waals surface area (Å²) < 4.78 is 5.89. The van der Waals surface area contributed by atoms with Gasteiger partial charge < -0.3 is 4.74 Å². The van der Waals surface area contributed by atoms with Crippen molar-refractivity contribution in [2.24, 2.45) is 0 Å². The zero-order valence-corrected chi connectivity index (χ0v) is 12.3. The summed E-state index contributed by atoms with van der Waals surface area (Å²) >= 11 is 0. The van der Waals surface area contributed by atoms with E-state index in [-0.39, 0.29) is 6.04 Å². The monoisotopic (exact) mass is 265 g/mol. The molecule has 0 spiro atoms. The third-order valence-corrected chi connectivity index (χ3v) is 4.24. The van der Waals surface area contributed by atoms with Crippen LogP contribution in [0.3, 0.4) is 0 Å². The molecule has 3 atom stereocenters. The Labute approximate surface area is 117 Å². The highest BCUT2D eigenvalue weighted by Gasteiger charge is 2.33. The number of morpholine rings is 1. The molecular formula is C15H27N3O. The molecule has 2 rings (SSSR count). The van der Waals surface area contributed by atoms with Gasteiger partial charge in [-0.25, -0.2) is 0 Å². The molecule has 0 radical (unpaired) electrons. The fraction of sp³-hybridized carbons (Fsp3) is 0.933. The first-order valence-corrected chi connectivity index (χ1v) is 7.72. The van der Waals surface area contributed by atoms with Crippen LogP contribution in [-0.2, 0) is 4.74 Å². The maximum Gasteiger partial charge on any atom is 0.0967 e. The lowest BCUT2D eigenvalue weighted by Crippen LogP contribution is -2.53. The van der Waals surface area contributed by atoms with Gasteiger partial charge in [-0.2, -0.15) is 5.26 Å². The predicted molar refractivity (Wildman–Crippen MR) is 75.9 cm³/mol. The SMILES string of the molecule is CC(C)NC(C#N)CCN1CCOC2CCCCC21. The first-order valence-electron chi connectivity index (χ1n) is 7.72. The number of hydrogen-bond acceptors (Lipinski definition) is 4. The number of nitriles is 1. The molecule has 1 aliphatic carbocycles. The molecule has 19 heavy (non-hydrogen) atoms. The van der Waals surface area contributed by atoms with Crippen molar-refractivity contribution in [1.29, 1.82) is 5.26 Å². The van der Waals surface area contributed by atoms with Crippen LogP contribution < -0.4 is 5.32 Å². The molecule has 1 saturated carbocycles. The van der Waals surface area contributed by atoms with Crippen molar-refractivity contribution < 1.29 is 4.74 Å². The molecule has 0 aromatic carbocycles. The summed E-state index contributed by atoms with van der Waals surface area (Å²) in [7, 11) is 0. The molecule has 1 heterocycles. The van der Waals surface area contributed by atoms with Gasteiger partial charge in [0.15, 0.2) is 0 Å². The minimum atomic E-state index is -0.0233. The van der Waals surface area contributed by atoms with Gasteiger partial charge in [-0.15, -0.1) is 0 Å². The number of hydrogen-bond donors (Lipinski definition) is 1. The van der Waals surface area contributed by atoms with Gasteiger partial charge in [0.1, 0.15) is 0 Å². The molecule has 0 aromatic heterocycles. The summed E-state index contributed by atoms with van der Waals surface area (Å²) in [5.74, 6) is 0. The summed E-state index contributed by atoms with van der Waals surface area (Å²) in [4.78, 5) is 2.56. The van der Waals surface area contributed by atoms with E-state index < -0.39 is 0 Å². The van der Waals surface area contributed by atoms with E-state index in [2.05, 4.69) is 30.1 Å². The van der Waals surface area contributed by atoms with Gasteiger partial charge in [0, 0.05) is 25.2 Å². The molecule has 0 amide bonds. The van der Waals surface area contributed by atoms with E-state index >= 15 is 0 Å². The van der Waals surface area contributed by atoms with E-state index in [1.807, 2.05) is 0 Å². The molecule has 3 unspecified atom stereocenters. The highest BCUT2D eigenvalue weighted by Crippen LogP contribution is 2.28. The number of rotatable bonds is 5. The van der Waals surface area contributed by atoms with E-state index in [4.69, 9.17) is 4.74 Å². The van der Waals surface area contributed by atoms with Crippen molar-refractivity contribution in [3.8, 4) is 6.07 Å². The van der Waals surface area contributed by atoms with E-state index in [0.717, 1.165) is 26.1 Å². The number of fused-ring (bicyclic) bond motifs is 1. The minimum absolute atomic E-state index is 0.0233. The highest BCUT2D eigenvalue weighted by molar-refractivity contribution is 4.93. The van der Waals surface area contributed by atoms with Crippen molar-refractivity contribution in [3.05, 3.63) is 0 Å². The topological polar surface area (TPSA) is 48.3 Å². The van der Waals surface area contributed by atoms with Crippen molar-refractivity contribution in [2.45, 2.75) is 70.2 Å². The van der Waals surface area contributed by atoms with Crippen LogP contribution in [0.1, 0.15) is 46.0 Å². The Morgan fingerprint density at radius 3 is 2.89 bits per heavy atom. The molecule has 1 saturated heterocycles. The Balaban J connectivity index is 1.82. The summed E-state index contributed by atoms with van der Waals surface area (Å²) in [6.07, 6.45) is 6.48. The molecule has 0 bridgehead atoms. The summed E-state index contributed by atoms with van der Waals surface area (Å²) in [5.41, 5.74) is 0. The van der Waals surface area contributed by atoms with Gasteiger partial charge in [0.25, 0.3) is 0 Å². The zero-order chi connectivity index (χ0) is 13.7. The van der Waals surface area contributed by atoms with Gasteiger partial charge in [-0.1, -0.05) is 12.8 Å². The maximum absolute atomic E-state index is 9.18. The van der Waals surface area contributed by atoms with E-state index in [1.54, 1.807) is 0 Å². The first kappa shape index (κ1) is 14.8. The largest absolute Gasteiger partial charge is 0.375 e. The third kappa shape index (κ3) is 4.17. The molecule has 4 heteroatoms. The molecule has 1 aliphatic heterocycles. The lowest BCUT2D eigenvalue weighted by molar-refractivity contribution is -0.0884.